The summed E-state index contributed by atoms with van der Waals surface area (Å²) in [5, 5.41) is 35.3. The molecular formula is C23H32O6. The zero-order valence-corrected chi connectivity index (χ0v) is 17.1. The number of benzene rings is 2. The number of rotatable bonds is 8. The van der Waals surface area contributed by atoms with Gasteiger partial charge in [-0.05, 0) is 43.5 Å². The van der Waals surface area contributed by atoms with Crippen molar-refractivity contribution >= 4 is 11.9 Å². The Labute approximate surface area is 172 Å². The highest BCUT2D eigenvalue weighted by Gasteiger charge is 2.08. The molecule has 6 heteroatoms. The Morgan fingerprint density at radius 2 is 1.17 bits per heavy atom. The molecular weight excluding hydrogens is 372 g/mol. The third-order valence-corrected chi connectivity index (χ3v) is 3.95. The molecule has 0 bridgehead atoms. The van der Waals surface area contributed by atoms with Crippen LogP contribution in [0.2, 0.25) is 0 Å². The molecule has 0 heterocycles. The summed E-state index contributed by atoms with van der Waals surface area (Å²) in [5.41, 5.74) is 0.662. The van der Waals surface area contributed by atoms with Crippen molar-refractivity contribution in [1.29, 1.82) is 0 Å². The van der Waals surface area contributed by atoms with Crippen molar-refractivity contribution in [3.05, 3.63) is 71.8 Å². The van der Waals surface area contributed by atoms with Crippen molar-refractivity contribution in [2.75, 3.05) is 0 Å². The predicted octanol–water partition coefficient (Wildman–Crippen LogP) is 4.47. The van der Waals surface area contributed by atoms with Gasteiger partial charge in [0, 0.05) is 0 Å². The zero-order valence-electron chi connectivity index (χ0n) is 17.1. The Balaban J connectivity index is 0.000000408. The summed E-state index contributed by atoms with van der Waals surface area (Å²) in [4.78, 5) is 20.4. The summed E-state index contributed by atoms with van der Waals surface area (Å²) in [5.74, 6) is -1.76. The third-order valence-electron chi connectivity index (χ3n) is 3.95. The van der Waals surface area contributed by atoms with Crippen molar-refractivity contribution in [1.82, 2.24) is 0 Å². The molecule has 0 amide bonds. The fourth-order valence-electron chi connectivity index (χ4n) is 2.20. The first kappa shape index (κ1) is 26.3. The van der Waals surface area contributed by atoms with Crippen molar-refractivity contribution in [2.45, 2.75) is 58.2 Å². The van der Waals surface area contributed by atoms with Crippen LogP contribution in [0.15, 0.2) is 60.7 Å². The van der Waals surface area contributed by atoms with E-state index in [0.717, 1.165) is 25.7 Å². The largest absolute Gasteiger partial charge is 0.478 e. The number of hydrogen-bond acceptors (Lipinski definition) is 4. The lowest BCUT2D eigenvalue weighted by Crippen LogP contribution is -2.16. The molecule has 0 aromatic heterocycles. The van der Waals surface area contributed by atoms with Gasteiger partial charge in [0.25, 0.3) is 0 Å². The highest BCUT2D eigenvalue weighted by Crippen LogP contribution is 2.08. The second-order valence-electron chi connectivity index (χ2n) is 6.44. The standard InChI is InChI=1S/C9H20O2.2C7H6O2/c1-3-5-6-9(11)7-8(10)4-2;2*8-7(9)6-4-2-1-3-5-6/h8-11H,3-7H2,1-2H3;2*1-5H,(H,8,9). The second kappa shape index (κ2) is 16.3. The molecule has 160 valence electrons. The Morgan fingerprint density at radius 1 is 0.759 bits per heavy atom. The first-order valence-corrected chi connectivity index (χ1v) is 9.74. The lowest BCUT2D eigenvalue weighted by Gasteiger charge is -2.13. The maximum absolute atomic E-state index is 10.2. The molecule has 29 heavy (non-hydrogen) atoms. The van der Waals surface area contributed by atoms with E-state index < -0.39 is 11.9 Å². The normalized spacial score (nSPS) is 11.7. The molecule has 0 saturated carbocycles. The quantitative estimate of drug-likeness (QED) is 0.516. The molecule has 0 aliphatic heterocycles. The lowest BCUT2D eigenvalue weighted by atomic mass is 10.0. The lowest BCUT2D eigenvalue weighted by molar-refractivity contribution is 0.0686. The first-order valence-electron chi connectivity index (χ1n) is 9.74. The monoisotopic (exact) mass is 404 g/mol. The Kier molecular flexibility index (Phi) is 14.8. The van der Waals surface area contributed by atoms with Crippen LogP contribution in [0.25, 0.3) is 0 Å². The van der Waals surface area contributed by atoms with E-state index >= 15 is 0 Å². The van der Waals surface area contributed by atoms with Gasteiger partial charge in [0.1, 0.15) is 0 Å². The van der Waals surface area contributed by atoms with Gasteiger partial charge < -0.3 is 20.4 Å². The summed E-state index contributed by atoms with van der Waals surface area (Å²) >= 11 is 0. The second-order valence-corrected chi connectivity index (χ2v) is 6.44. The SMILES string of the molecule is CCCCC(O)CC(O)CC.O=C(O)c1ccccc1.O=C(O)c1ccccc1. The van der Waals surface area contributed by atoms with Gasteiger partial charge in [-0.3, -0.25) is 0 Å². The molecule has 6 nitrogen and oxygen atoms in total. The molecule has 2 aromatic carbocycles. The van der Waals surface area contributed by atoms with Crippen LogP contribution in [0.1, 0.15) is 66.7 Å². The molecule has 2 rings (SSSR count). The van der Waals surface area contributed by atoms with Crippen LogP contribution < -0.4 is 0 Å². The average Bonchev–Trinajstić information content (AvgIpc) is 2.74. The summed E-state index contributed by atoms with van der Waals surface area (Å²) in [6, 6.07) is 16.6. The molecule has 2 aromatic rings. The van der Waals surface area contributed by atoms with Gasteiger partial charge in [-0.25, -0.2) is 9.59 Å². The van der Waals surface area contributed by atoms with Crippen LogP contribution in [-0.4, -0.2) is 44.6 Å². The van der Waals surface area contributed by atoms with E-state index in [9.17, 15) is 14.7 Å². The Morgan fingerprint density at radius 3 is 1.45 bits per heavy atom. The molecule has 2 atom stereocenters. The molecule has 0 spiro atoms. The zero-order chi connectivity index (χ0) is 22.1. The number of aliphatic hydroxyl groups is 2. The van der Waals surface area contributed by atoms with Gasteiger partial charge in [0.05, 0.1) is 23.3 Å². The number of carboxylic acids is 2. The van der Waals surface area contributed by atoms with E-state index in [-0.39, 0.29) is 12.2 Å². The summed E-state index contributed by atoms with van der Waals surface area (Å²) in [6.45, 7) is 4.03. The van der Waals surface area contributed by atoms with E-state index in [4.69, 9.17) is 15.3 Å². The highest BCUT2D eigenvalue weighted by atomic mass is 16.4. The van der Waals surface area contributed by atoms with Crippen molar-refractivity contribution in [3.8, 4) is 0 Å². The molecule has 0 saturated heterocycles. The van der Waals surface area contributed by atoms with Crippen LogP contribution >= 0.6 is 0 Å². The fourth-order valence-corrected chi connectivity index (χ4v) is 2.20. The number of unbranched alkanes of at least 4 members (excludes halogenated alkanes) is 1. The third kappa shape index (κ3) is 14.0. The van der Waals surface area contributed by atoms with Crippen molar-refractivity contribution < 1.29 is 30.0 Å². The summed E-state index contributed by atoms with van der Waals surface area (Å²) < 4.78 is 0. The van der Waals surface area contributed by atoms with Crippen LogP contribution in [0.4, 0.5) is 0 Å². The minimum Gasteiger partial charge on any atom is -0.478 e. The molecule has 4 N–H and O–H groups in total. The maximum Gasteiger partial charge on any atom is 0.335 e. The van der Waals surface area contributed by atoms with Crippen molar-refractivity contribution in [2.24, 2.45) is 0 Å². The average molecular weight is 405 g/mol. The molecule has 0 fully saturated rings. The predicted molar refractivity (Wildman–Crippen MR) is 113 cm³/mol. The Bertz CT molecular complexity index is 623. The molecule has 0 aliphatic rings. The van der Waals surface area contributed by atoms with Crippen LogP contribution in [0.3, 0.4) is 0 Å². The number of aliphatic hydroxyl groups excluding tert-OH is 2. The van der Waals surface area contributed by atoms with E-state index in [1.807, 2.05) is 6.92 Å². The molecule has 0 radical (unpaired) electrons. The maximum atomic E-state index is 10.2. The van der Waals surface area contributed by atoms with Crippen LogP contribution in [0.5, 0.6) is 0 Å². The topological polar surface area (TPSA) is 115 Å². The number of carbonyl (C=O) groups is 2. The summed E-state index contributed by atoms with van der Waals surface area (Å²) in [6.07, 6.45) is 3.65. The minimum atomic E-state index is -0.879. The van der Waals surface area contributed by atoms with E-state index in [0.29, 0.717) is 17.5 Å². The van der Waals surface area contributed by atoms with Gasteiger partial charge in [-0.1, -0.05) is 63.1 Å². The number of aromatic carboxylic acids is 2. The van der Waals surface area contributed by atoms with Gasteiger partial charge in [-0.15, -0.1) is 0 Å². The number of carboxylic acid groups (broad SMARTS) is 2. The van der Waals surface area contributed by atoms with E-state index in [1.54, 1.807) is 60.7 Å². The van der Waals surface area contributed by atoms with Gasteiger partial charge in [-0.2, -0.15) is 0 Å². The summed E-state index contributed by atoms with van der Waals surface area (Å²) in [7, 11) is 0. The van der Waals surface area contributed by atoms with Crippen molar-refractivity contribution in [3.63, 3.8) is 0 Å². The van der Waals surface area contributed by atoms with Crippen LogP contribution in [-0.2, 0) is 0 Å². The number of hydrogen-bond donors (Lipinski definition) is 4. The molecule has 0 aliphatic carbocycles. The van der Waals surface area contributed by atoms with Crippen LogP contribution in [0, 0.1) is 0 Å². The van der Waals surface area contributed by atoms with E-state index in [1.165, 1.54) is 0 Å². The minimum absolute atomic E-state index is 0.301. The fraction of sp³-hybridized carbons (Fsp3) is 0.391. The van der Waals surface area contributed by atoms with E-state index in [2.05, 4.69) is 6.92 Å². The van der Waals surface area contributed by atoms with Gasteiger partial charge in [0.2, 0.25) is 0 Å². The Hall–Kier alpha value is -2.70. The highest BCUT2D eigenvalue weighted by molar-refractivity contribution is 5.87. The smallest absolute Gasteiger partial charge is 0.335 e. The first-order chi connectivity index (χ1) is 13.8. The van der Waals surface area contributed by atoms with Gasteiger partial charge >= 0.3 is 11.9 Å². The van der Waals surface area contributed by atoms with Gasteiger partial charge in [0.15, 0.2) is 0 Å². The molecule has 2 unspecified atom stereocenters.